The van der Waals surface area contributed by atoms with Gasteiger partial charge in [0.1, 0.15) is 13.2 Å². The van der Waals surface area contributed by atoms with Gasteiger partial charge in [-0.2, -0.15) is 0 Å². The van der Waals surface area contributed by atoms with Crippen molar-refractivity contribution in [1.29, 1.82) is 0 Å². The van der Waals surface area contributed by atoms with Crippen LogP contribution in [-0.4, -0.2) is 37.2 Å². The zero-order valence-electron chi connectivity index (χ0n) is 50.9. The molecule has 1 atom stereocenters. The van der Waals surface area contributed by atoms with Gasteiger partial charge < -0.3 is 14.2 Å². The SMILES string of the molecule is CC/C=C\C/C=C\C/C=C\C/C=C\CCCCCCCCCCCCC(=O)OCC(COC(=O)CCCCCCC/C=C\C/C=C\CCCC)OC(=O)CCCCCCCCCCCC/C=C\C/C=C\C/C=C\C/C=C\CC. The largest absolute Gasteiger partial charge is 0.462 e. The molecular weight excluding hydrogens is 961 g/mol. The van der Waals surface area contributed by atoms with E-state index in [2.05, 4.69) is 142 Å². The molecule has 0 heterocycles. The summed E-state index contributed by atoms with van der Waals surface area (Å²) in [5, 5.41) is 0. The predicted molar refractivity (Wildman–Crippen MR) is 339 cm³/mol. The van der Waals surface area contributed by atoms with Crippen LogP contribution in [-0.2, 0) is 28.6 Å². The van der Waals surface area contributed by atoms with Crippen LogP contribution < -0.4 is 0 Å². The Balaban J connectivity index is 4.37. The average Bonchev–Trinajstić information content (AvgIpc) is 3.44. The predicted octanol–water partition coefficient (Wildman–Crippen LogP) is 22.4. The fraction of sp³-hybridized carbons (Fsp3) is 0.681. The number of ether oxygens (including phenoxy) is 3. The van der Waals surface area contributed by atoms with E-state index >= 15 is 0 Å². The van der Waals surface area contributed by atoms with E-state index in [-0.39, 0.29) is 31.1 Å². The number of unbranched alkanes of at least 4 members (excludes halogenated alkanes) is 27. The topological polar surface area (TPSA) is 78.9 Å². The summed E-state index contributed by atoms with van der Waals surface area (Å²) >= 11 is 0. The van der Waals surface area contributed by atoms with E-state index in [0.717, 1.165) is 135 Å². The Morgan fingerprint density at radius 1 is 0.269 bits per heavy atom. The normalized spacial score (nSPS) is 12.9. The first kappa shape index (κ1) is 73.8. The number of esters is 3. The molecule has 78 heavy (non-hydrogen) atoms. The van der Waals surface area contributed by atoms with E-state index in [4.69, 9.17) is 14.2 Å². The molecule has 0 rings (SSSR count). The highest BCUT2D eigenvalue weighted by atomic mass is 16.6. The molecular formula is C72H120O6. The second-order valence-electron chi connectivity index (χ2n) is 21.3. The van der Waals surface area contributed by atoms with Crippen LogP contribution in [0.3, 0.4) is 0 Å². The molecule has 1 unspecified atom stereocenters. The first-order chi connectivity index (χ1) is 38.5. The number of allylic oxidation sites excluding steroid dienone is 20. The molecule has 0 spiro atoms. The molecule has 0 aliphatic carbocycles. The number of hydrogen-bond donors (Lipinski definition) is 0. The Labute approximate surface area is 482 Å². The highest BCUT2D eigenvalue weighted by molar-refractivity contribution is 5.71. The Hall–Kier alpha value is -4.19. The zero-order chi connectivity index (χ0) is 56.4. The van der Waals surface area contributed by atoms with Gasteiger partial charge in [-0.1, -0.05) is 277 Å². The summed E-state index contributed by atoms with van der Waals surface area (Å²) < 4.78 is 16.9. The quantitative estimate of drug-likeness (QED) is 0.0261. The molecule has 0 aromatic carbocycles. The van der Waals surface area contributed by atoms with E-state index < -0.39 is 6.10 Å². The first-order valence-corrected chi connectivity index (χ1v) is 32.5. The second kappa shape index (κ2) is 65.3. The van der Waals surface area contributed by atoms with Gasteiger partial charge in [0.15, 0.2) is 6.10 Å². The van der Waals surface area contributed by atoms with Crippen LogP contribution in [0.5, 0.6) is 0 Å². The summed E-state index contributed by atoms with van der Waals surface area (Å²) in [4.78, 5) is 38.4. The molecule has 0 fully saturated rings. The van der Waals surface area contributed by atoms with Crippen molar-refractivity contribution in [2.75, 3.05) is 13.2 Å². The number of hydrogen-bond acceptors (Lipinski definition) is 6. The van der Waals surface area contributed by atoms with Gasteiger partial charge in [0.2, 0.25) is 0 Å². The van der Waals surface area contributed by atoms with Crippen LogP contribution in [0.2, 0.25) is 0 Å². The molecule has 444 valence electrons. The van der Waals surface area contributed by atoms with Crippen molar-refractivity contribution in [3.05, 3.63) is 122 Å². The third-order valence-electron chi connectivity index (χ3n) is 13.7. The van der Waals surface area contributed by atoms with Crippen molar-refractivity contribution in [1.82, 2.24) is 0 Å². The van der Waals surface area contributed by atoms with Crippen molar-refractivity contribution < 1.29 is 28.6 Å². The third kappa shape index (κ3) is 62.7. The summed E-state index contributed by atoms with van der Waals surface area (Å²) in [5.41, 5.74) is 0. The minimum absolute atomic E-state index is 0.0880. The van der Waals surface area contributed by atoms with Crippen molar-refractivity contribution in [2.24, 2.45) is 0 Å². The molecule has 0 aliphatic heterocycles. The standard InChI is InChI=1S/C72H120O6/c1-4-7-10-13-16-19-22-25-28-30-32-34-36-38-40-42-44-47-50-53-56-59-62-65-71(74)77-68-69(67-76-70(73)64-61-58-55-52-49-46-27-24-21-18-15-12-9-6-3)78-72(75)66-63-60-57-54-51-48-45-43-41-39-37-35-33-31-29-26-23-20-17-14-11-8-5-2/h7-8,10-11,15-20,24-29,32-35,69H,4-6,9,12-14,21-23,30-31,36-68H2,1-3H3/b10-7-,11-8-,18-15-,19-16-,20-17-,27-24-,28-25-,29-26-,34-32-,35-33-. The average molecular weight is 1080 g/mol. The number of carbonyl (C=O) groups is 3. The lowest BCUT2D eigenvalue weighted by molar-refractivity contribution is -0.167. The van der Waals surface area contributed by atoms with E-state index in [1.54, 1.807) is 0 Å². The van der Waals surface area contributed by atoms with Crippen LogP contribution in [0.1, 0.15) is 297 Å². The highest BCUT2D eigenvalue weighted by Crippen LogP contribution is 2.16. The molecule has 0 aliphatic rings. The highest BCUT2D eigenvalue weighted by Gasteiger charge is 2.19. The fourth-order valence-electron chi connectivity index (χ4n) is 8.85. The molecule has 6 nitrogen and oxygen atoms in total. The van der Waals surface area contributed by atoms with Crippen LogP contribution in [0, 0.1) is 0 Å². The monoisotopic (exact) mass is 1080 g/mol. The van der Waals surface area contributed by atoms with Crippen LogP contribution in [0.4, 0.5) is 0 Å². The summed E-state index contributed by atoms with van der Waals surface area (Å²) in [5.74, 6) is -0.904. The minimum atomic E-state index is -0.793. The van der Waals surface area contributed by atoms with Gasteiger partial charge in [-0.05, 0) is 122 Å². The van der Waals surface area contributed by atoms with Gasteiger partial charge in [0, 0.05) is 19.3 Å². The lowest BCUT2D eigenvalue weighted by atomic mass is 10.0. The molecule has 0 amide bonds. The van der Waals surface area contributed by atoms with Gasteiger partial charge in [-0.3, -0.25) is 14.4 Å². The zero-order valence-corrected chi connectivity index (χ0v) is 50.9. The summed E-state index contributed by atoms with van der Waals surface area (Å²) in [6.45, 7) is 6.38. The second-order valence-corrected chi connectivity index (χ2v) is 21.3. The summed E-state index contributed by atoms with van der Waals surface area (Å²) in [6, 6.07) is 0. The summed E-state index contributed by atoms with van der Waals surface area (Å²) in [7, 11) is 0. The van der Waals surface area contributed by atoms with Gasteiger partial charge in [-0.25, -0.2) is 0 Å². The van der Waals surface area contributed by atoms with Crippen molar-refractivity contribution in [2.45, 2.75) is 303 Å². The number of rotatable bonds is 58. The van der Waals surface area contributed by atoms with Gasteiger partial charge in [0.25, 0.3) is 0 Å². The van der Waals surface area contributed by atoms with Crippen LogP contribution >= 0.6 is 0 Å². The Bertz CT molecular complexity index is 1620. The smallest absolute Gasteiger partial charge is 0.306 e. The third-order valence-corrected chi connectivity index (χ3v) is 13.7. The van der Waals surface area contributed by atoms with Crippen LogP contribution in [0.15, 0.2) is 122 Å². The fourth-order valence-corrected chi connectivity index (χ4v) is 8.85. The Kier molecular flexibility index (Phi) is 61.8. The maximum absolute atomic E-state index is 12.9. The molecule has 0 saturated carbocycles. The van der Waals surface area contributed by atoms with Gasteiger partial charge in [-0.15, -0.1) is 0 Å². The maximum Gasteiger partial charge on any atom is 0.306 e. The molecule has 0 bridgehead atoms. The molecule has 0 radical (unpaired) electrons. The minimum Gasteiger partial charge on any atom is -0.462 e. The van der Waals surface area contributed by atoms with Gasteiger partial charge in [0.05, 0.1) is 0 Å². The van der Waals surface area contributed by atoms with E-state index in [1.807, 2.05) is 0 Å². The lowest BCUT2D eigenvalue weighted by Crippen LogP contribution is -2.30. The maximum atomic E-state index is 12.9. The van der Waals surface area contributed by atoms with Crippen molar-refractivity contribution >= 4 is 17.9 Å². The van der Waals surface area contributed by atoms with Crippen molar-refractivity contribution in [3.8, 4) is 0 Å². The van der Waals surface area contributed by atoms with E-state index in [0.29, 0.717) is 19.3 Å². The van der Waals surface area contributed by atoms with Crippen molar-refractivity contribution in [3.63, 3.8) is 0 Å². The van der Waals surface area contributed by atoms with E-state index in [1.165, 1.54) is 122 Å². The van der Waals surface area contributed by atoms with Crippen LogP contribution in [0.25, 0.3) is 0 Å². The molecule has 0 aromatic rings. The first-order valence-electron chi connectivity index (χ1n) is 32.5. The Morgan fingerprint density at radius 2 is 0.500 bits per heavy atom. The lowest BCUT2D eigenvalue weighted by Gasteiger charge is -2.18. The molecule has 0 N–H and O–H groups in total. The Morgan fingerprint density at radius 3 is 0.782 bits per heavy atom. The van der Waals surface area contributed by atoms with E-state index in [9.17, 15) is 14.4 Å². The molecule has 6 heteroatoms. The molecule has 0 aromatic heterocycles. The number of carbonyl (C=O) groups excluding carboxylic acids is 3. The summed E-state index contributed by atoms with van der Waals surface area (Å²) in [6.07, 6.45) is 90.6. The molecule has 0 saturated heterocycles. The van der Waals surface area contributed by atoms with Gasteiger partial charge >= 0.3 is 17.9 Å².